The highest BCUT2D eigenvalue weighted by Crippen LogP contribution is 2.08. The highest BCUT2D eigenvalue weighted by molar-refractivity contribution is 5.95. The molecule has 1 aromatic carbocycles. The molecule has 5 unspecified atom stereocenters. The summed E-state index contributed by atoms with van der Waals surface area (Å²) < 4.78 is 0. The molecule has 0 aliphatic carbocycles. The fourth-order valence-corrected chi connectivity index (χ4v) is 3.53. The molecule has 3 amide bonds. The number of aliphatic carboxylic acids is 2. The maximum Gasteiger partial charge on any atom is 0.326 e. The van der Waals surface area contributed by atoms with Crippen LogP contribution in [-0.4, -0.2) is 76.5 Å². The Morgan fingerprint density at radius 3 is 2.00 bits per heavy atom. The molecular formula is C25H39N7O7. The third-order valence-electron chi connectivity index (χ3n) is 6.05. The number of hydrogen-bond acceptors (Lipinski definition) is 7. The molecule has 11 N–H and O–H groups in total. The van der Waals surface area contributed by atoms with Crippen LogP contribution < -0.4 is 33.2 Å². The largest absolute Gasteiger partial charge is 0.481 e. The summed E-state index contributed by atoms with van der Waals surface area (Å²) in [7, 11) is 0. The van der Waals surface area contributed by atoms with Crippen LogP contribution in [0.2, 0.25) is 0 Å². The Kier molecular flexibility index (Phi) is 14.0. The lowest BCUT2D eigenvalue weighted by atomic mass is 9.98. The van der Waals surface area contributed by atoms with Crippen LogP contribution in [0.25, 0.3) is 0 Å². The van der Waals surface area contributed by atoms with Gasteiger partial charge in [-0.25, -0.2) is 4.79 Å². The first kappa shape index (κ1) is 32.8. The van der Waals surface area contributed by atoms with Crippen LogP contribution >= 0.6 is 0 Å². The summed E-state index contributed by atoms with van der Waals surface area (Å²) in [5.41, 5.74) is 17.2. The fourth-order valence-electron chi connectivity index (χ4n) is 3.53. The van der Waals surface area contributed by atoms with E-state index >= 15 is 0 Å². The van der Waals surface area contributed by atoms with Gasteiger partial charge in [0.25, 0.3) is 0 Å². The number of carbonyl (C=O) groups excluding carboxylic acids is 3. The molecule has 216 valence electrons. The number of nitrogens with two attached hydrogens (primary N) is 3. The highest BCUT2D eigenvalue weighted by Gasteiger charge is 2.32. The molecule has 5 atom stereocenters. The van der Waals surface area contributed by atoms with E-state index < -0.39 is 60.2 Å². The number of amides is 3. The second-order valence-electron chi connectivity index (χ2n) is 9.17. The van der Waals surface area contributed by atoms with Crippen LogP contribution in [0.4, 0.5) is 0 Å². The molecule has 0 aliphatic heterocycles. The molecule has 1 aromatic rings. The van der Waals surface area contributed by atoms with E-state index in [1.54, 1.807) is 37.3 Å². The number of nitrogens with zero attached hydrogens (tertiary/aromatic N) is 1. The van der Waals surface area contributed by atoms with Gasteiger partial charge in [-0.05, 0) is 24.3 Å². The first-order valence-electron chi connectivity index (χ1n) is 12.6. The van der Waals surface area contributed by atoms with Gasteiger partial charge < -0.3 is 43.4 Å². The van der Waals surface area contributed by atoms with Crippen molar-refractivity contribution >= 4 is 35.6 Å². The molecule has 14 heteroatoms. The van der Waals surface area contributed by atoms with Gasteiger partial charge in [0.05, 0.1) is 12.5 Å². The van der Waals surface area contributed by atoms with Crippen molar-refractivity contribution in [3.8, 4) is 0 Å². The Morgan fingerprint density at radius 1 is 0.897 bits per heavy atom. The molecule has 0 heterocycles. The first-order chi connectivity index (χ1) is 18.3. The van der Waals surface area contributed by atoms with Crippen molar-refractivity contribution < 1.29 is 34.2 Å². The molecule has 0 aliphatic rings. The zero-order valence-electron chi connectivity index (χ0n) is 22.1. The number of nitrogens with one attached hydrogen (secondary N) is 3. The second-order valence-corrected chi connectivity index (χ2v) is 9.17. The molecule has 0 aromatic heterocycles. The van der Waals surface area contributed by atoms with Gasteiger partial charge in [-0.3, -0.25) is 24.2 Å². The number of benzene rings is 1. The Labute approximate surface area is 226 Å². The van der Waals surface area contributed by atoms with E-state index in [0.29, 0.717) is 12.0 Å². The number of carboxylic acids is 2. The van der Waals surface area contributed by atoms with Crippen molar-refractivity contribution in [3.63, 3.8) is 0 Å². The molecule has 14 nitrogen and oxygen atoms in total. The van der Waals surface area contributed by atoms with Crippen molar-refractivity contribution in [2.24, 2.45) is 28.1 Å². The van der Waals surface area contributed by atoms with Gasteiger partial charge in [0.2, 0.25) is 17.7 Å². The SMILES string of the molecule is CCC(C)C(N)C(=O)NC(CCCN=C(N)N)C(=O)NC(CC(=O)O)C(=O)NC(Cc1ccccc1)C(=O)O. The lowest BCUT2D eigenvalue weighted by molar-refractivity contribution is -0.143. The Morgan fingerprint density at radius 2 is 1.46 bits per heavy atom. The van der Waals surface area contributed by atoms with Crippen molar-refractivity contribution in [3.05, 3.63) is 35.9 Å². The van der Waals surface area contributed by atoms with Crippen molar-refractivity contribution in [2.45, 2.75) is 70.1 Å². The normalized spacial score (nSPS) is 14.5. The van der Waals surface area contributed by atoms with Gasteiger partial charge in [-0.1, -0.05) is 50.6 Å². The third kappa shape index (κ3) is 12.3. The summed E-state index contributed by atoms with van der Waals surface area (Å²) in [6.07, 6.45) is 0.0466. The highest BCUT2D eigenvalue weighted by atomic mass is 16.4. The third-order valence-corrected chi connectivity index (χ3v) is 6.05. The Balaban J connectivity index is 3.07. The van der Waals surface area contributed by atoms with Crippen LogP contribution in [0.3, 0.4) is 0 Å². The molecule has 0 fully saturated rings. The Bertz CT molecular complexity index is 1020. The number of hydrogen-bond donors (Lipinski definition) is 8. The molecule has 0 saturated carbocycles. The monoisotopic (exact) mass is 549 g/mol. The maximum absolute atomic E-state index is 13.1. The molecule has 39 heavy (non-hydrogen) atoms. The summed E-state index contributed by atoms with van der Waals surface area (Å²) in [6.45, 7) is 3.78. The smallest absolute Gasteiger partial charge is 0.326 e. The minimum absolute atomic E-state index is 0.0503. The Hall–Kier alpha value is -4.20. The predicted molar refractivity (Wildman–Crippen MR) is 143 cm³/mol. The summed E-state index contributed by atoms with van der Waals surface area (Å²) in [5, 5.41) is 26.1. The average molecular weight is 550 g/mol. The minimum Gasteiger partial charge on any atom is -0.481 e. The van der Waals surface area contributed by atoms with E-state index in [0.717, 1.165) is 0 Å². The van der Waals surface area contributed by atoms with Crippen LogP contribution in [0.15, 0.2) is 35.3 Å². The lowest BCUT2D eigenvalue weighted by Gasteiger charge is -2.25. The van der Waals surface area contributed by atoms with Crippen LogP contribution in [0.5, 0.6) is 0 Å². The number of carboxylic acid groups (broad SMARTS) is 2. The second kappa shape index (κ2) is 16.6. The standard InChI is InChI=1S/C25H39N7O7/c1-3-14(2)20(26)23(37)30-16(10-7-11-29-25(27)28)21(35)31-17(13-19(33)34)22(36)32-18(24(38)39)12-15-8-5-4-6-9-15/h4-6,8-9,14,16-18,20H,3,7,10-13,26H2,1-2H3,(H,30,37)(H,31,35)(H,32,36)(H,33,34)(H,38,39)(H4,27,28,29). The molecule has 0 bridgehead atoms. The van der Waals surface area contributed by atoms with E-state index in [-0.39, 0.29) is 37.7 Å². The van der Waals surface area contributed by atoms with Crippen LogP contribution in [-0.2, 0) is 30.4 Å². The predicted octanol–water partition coefficient (Wildman–Crippen LogP) is -1.33. The molecular weight excluding hydrogens is 510 g/mol. The van der Waals surface area contributed by atoms with Gasteiger partial charge in [-0.2, -0.15) is 0 Å². The minimum atomic E-state index is -1.62. The number of rotatable bonds is 17. The molecule has 0 radical (unpaired) electrons. The summed E-state index contributed by atoms with van der Waals surface area (Å²) >= 11 is 0. The lowest BCUT2D eigenvalue weighted by Crippen LogP contribution is -2.58. The quantitative estimate of drug-likeness (QED) is 0.0645. The zero-order chi connectivity index (χ0) is 29.5. The van der Waals surface area contributed by atoms with E-state index in [9.17, 15) is 34.2 Å². The molecule has 0 saturated heterocycles. The van der Waals surface area contributed by atoms with E-state index in [1.807, 2.05) is 6.92 Å². The van der Waals surface area contributed by atoms with Crippen molar-refractivity contribution in [1.29, 1.82) is 0 Å². The molecule has 0 spiro atoms. The van der Waals surface area contributed by atoms with E-state index in [2.05, 4.69) is 20.9 Å². The van der Waals surface area contributed by atoms with Gasteiger partial charge in [-0.15, -0.1) is 0 Å². The van der Waals surface area contributed by atoms with E-state index in [1.165, 1.54) is 0 Å². The van der Waals surface area contributed by atoms with Gasteiger partial charge >= 0.3 is 11.9 Å². The van der Waals surface area contributed by atoms with Crippen LogP contribution in [0.1, 0.15) is 45.1 Å². The summed E-state index contributed by atoms with van der Waals surface area (Å²) in [5.74, 6) is -5.52. The number of guanidine groups is 1. The maximum atomic E-state index is 13.1. The average Bonchev–Trinajstić information content (AvgIpc) is 2.88. The fraction of sp³-hybridized carbons (Fsp3) is 0.520. The number of carbonyl (C=O) groups is 5. The van der Waals surface area contributed by atoms with Gasteiger partial charge in [0, 0.05) is 13.0 Å². The molecule has 1 rings (SSSR count). The summed E-state index contributed by atoms with van der Waals surface area (Å²) in [6, 6.07) is 3.43. The van der Waals surface area contributed by atoms with Gasteiger partial charge in [0.1, 0.15) is 18.1 Å². The van der Waals surface area contributed by atoms with Gasteiger partial charge in [0.15, 0.2) is 5.96 Å². The van der Waals surface area contributed by atoms with Crippen molar-refractivity contribution in [2.75, 3.05) is 6.54 Å². The first-order valence-corrected chi connectivity index (χ1v) is 12.6. The number of aliphatic imine (C=N–C) groups is 1. The van der Waals surface area contributed by atoms with Crippen LogP contribution in [0, 0.1) is 5.92 Å². The summed E-state index contributed by atoms with van der Waals surface area (Å²) in [4.78, 5) is 65.8. The zero-order valence-corrected chi connectivity index (χ0v) is 22.1. The van der Waals surface area contributed by atoms with E-state index in [4.69, 9.17) is 17.2 Å². The van der Waals surface area contributed by atoms with Crippen molar-refractivity contribution in [1.82, 2.24) is 16.0 Å². The topological polar surface area (TPSA) is 252 Å².